The number of aliphatic hydroxyl groups excluding tert-OH is 1. The highest BCUT2D eigenvalue weighted by atomic mass is 16.7. The van der Waals surface area contributed by atoms with Crippen LogP contribution in [0.1, 0.15) is 43.6 Å². The zero-order valence-corrected chi connectivity index (χ0v) is 13.3. The molecule has 2 rings (SSSR count). The fourth-order valence-corrected chi connectivity index (χ4v) is 2.07. The number of primary amides is 1. The summed E-state index contributed by atoms with van der Waals surface area (Å²) in [6.07, 6.45) is 4.67. The van der Waals surface area contributed by atoms with Crippen LogP contribution in [0.5, 0.6) is 0 Å². The zero-order chi connectivity index (χ0) is 16.5. The molecule has 118 valence electrons. The standard InChI is InChI=1S/C15H21BN2O4/c1-14(2)15(3,4)22-16(21-14)12(9-19)6-10-5-11(13(17)20)8-18-7-10/h5-8,19H,9H2,1-4H3,(H2,17,20). The summed E-state index contributed by atoms with van der Waals surface area (Å²) >= 11 is 0. The molecular weight excluding hydrogens is 283 g/mol. The van der Waals surface area contributed by atoms with Crippen LogP contribution in [0.4, 0.5) is 0 Å². The second-order valence-electron chi connectivity index (χ2n) is 6.34. The third-order valence-electron chi connectivity index (χ3n) is 4.13. The number of pyridine rings is 1. The van der Waals surface area contributed by atoms with Gasteiger partial charge in [0.25, 0.3) is 0 Å². The van der Waals surface area contributed by atoms with Gasteiger partial charge in [0.05, 0.1) is 23.4 Å². The predicted octanol–water partition coefficient (Wildman–Crippen LogP) is 1.19. The fraction of sp³-hybridized carbons (Fsp3) is 0.467. The first-order valence-electron chi connectivity index (χ1n) is 7.08. The molecule has 6 nitrogen and oxygen atoms in total. The molecule has 2 heterocycles. The number of hydrogen-bond donors (Lipinski definition) is 2. The van der Waals surface area contributed by atoms with Crippen LogP contribution in [-0.4, -0.2) is 40.9 Å². The number of carbonyl (C=O) groups excluding carboxylic acids is 1. The van der Waals surface area contributed by atoms with E-state index in [0.29, 0.717) is 16.6 Å². The zero-order valence-electron chi connectivity index (χ0n) is 13.3. The Morgan fingerprint density at radius 2 is 1.91 bits per heavy atom. The molecule has 1 aliphatic heterocycles. The topological polar surface area (TPSA) is 94.7 Å². The van der Waals surface area contributed by atoms with E-state index in [1.165, 1.54) is 6.20 Å². The number of aromatic nitrogens is 1. The van der Waals surface area contributed by atoms with Crippen LogP contribution in [0.3, 0.4) is 0 Å². The predicted molar refractivity (Wildman–Crippen MR) is 83.9 cm³/mol. The van der Waals surface area contributed by atoms with Crippen LogP contribution in [-0.2, 0) is 9.31 Å². The second-order valence-corrected chi connectivity index (χ2v) is 6.34. The van der Waals surface area contributed by atoms with Crippen molar-refractivity contribution in [2.45, 2.75) is 38.9 Å². The average Bonchev–Trinajstić information content (AvgIpc) is 2.65. The van der Waals surface area contributed by atoms with Crippen molar-refractivity contribution in [3.63, 3.8) is 0 Å². The van der Waals surface area contributed by atoms with E-state index in [1.807, 2.05) is 27.7 Å². The van der Waals surface area contributed by atoms with E-state index in [2.05, 4.69) is 4.98 Å². The Hall–Kier alpha value is -1.70. The number of aliphatic hydroxyl groups is 1. The third kappa shape index (κ3) is 3.21. The Kier molecular flexibility index (Phi) is 4.42. The lowest BCUT2D eigenvalue weighted by molar-refractivity contribution is 0.00578. The number of nitrogens with two attached hydrogens (primary N) is 1. The number of nitrogens with zero attached hydrogens (tertiary/aromatic N) is 1. The van der Waals surface area contributed by atoms with Crippen molar-refractivity contribution < 1.29 is 19.2 Å². The molecule has 0 spiro atoms. The highest BCUT2D eigenvalue weighted by Gasteiger charge is 2.52. The van der Waals surface area contributed by atoms with Gasteiger partial charge in [0.2, 0.25) is 5.91 Å². The van der Waals surface area contributed by atoms with Crippen LogP contribution in [0.2, 0.25) is 0 Å². The molecule has 3 N–H and O–H groups in total. The largest absolute Gasteiger partial charge is 0.492 e. The SMILES string of the molecule is CC1(C)OB(C(=Cc2cncc(C(N)=O)c2)CO)OC1(C)C. The monoisotopic (exact) mass is 304 g/mol. The number of carbonyl (C=O) groups is 1. The van der Waals surface area contributed by atoms with Crippen molar-refractivity contribution in [2.24, 2.45) is 5.73 Å². The summed E-state index contributed by atoms with van der Waals surface area (Å²) < 4.78 is 11.8. The average molecular weight is 304 g/mol. The molecule has 1 saturated heterocycles. The number of amides is 1. The summed E-state index contributed by atoms with van der Waals surface area (Å²) in [5.74, 6) is -0.552. The number of hydrogen-bond acceptors (Lipinski definition) is 5. The summed E-state index contributed by atoms with van der Waals surface area (Å²) in [5.41, 5.74) is 5.78. The Labute approximate surface area is 130 Å². The van der Waals surface area contributed by atoms with Gasteiger partial charge in [-0.2, -0.15) is 0 Å². The molecule has 0 aliphatic carbocycles. The summed E-state index contributed by atoms with van der Waals surface area (Å²) in [6.45, 7) is 7.54. The molecule has 0 unspecified atom stereocenters. The summed E-state index contributed by atoms with van der Waals surface area (Å²) in [4.78, 5) is 15.2. The third-order valence-corrected chi connectivity index (χ3v) is 4.13. The Bertz CT molecular complexity index is 597. The lowest BCUT2D eigenvalue weighted by Crippen LogP contribution is -2.41. The summed E-state index contributed by atoms with van der Waals surface area (Å²) in [5, 5.41) is 9.63. The Morgan fingerprint density at radius 3 is 2.41 bits per heavy atom. The van der Waals surface area contributed by atoms with Crippen molar-refractivity contribution in [3.8, 4) is 0 Å². The maximum absolute atomic E-state index is 11.2. The van der Waals surface area contributed by atoms with Crippen molar-refractivity contribution in [3.05, 3.63) is 35.1 Å². The molecule has 0 aromatic carbocycles. The van der Waals surface area contributed by atoms with Crippen LogP contribution in [0.25, 0.3) is 6.08 Å². The molecule has 0 atom stereocenters. The van der Waals surface area contributed by atoms with E-state index in [0.717, 1.165) is 0 Å². The van der Waals surface area contributed by atoms with Crippen molar-refractivity contribution >= 4 is 19.1 Å². The van der Waals surface area contributed by atoms with Gasteiger partial charge in [-0.25, -0.2) is 0 Å². The lowest BCUT2D eigenvalue weighted by atomic mass is 9.77. The molecule has 22 heavy (non-hydrogen) atoms. The van der Waals surface area contributed by atoms with Crippen LogP contribution < -0.4 is 5.73 Å². The van der Waals surface area contributed by atoms with Gasteiger partial charge in [0, 0.05) is 12.4 Å². The first-order chi connectivity index (χ1) is 10.2. The van der Waals surface area contributed by atoms with Gasteiger partial charge < -0.3 is 20.1 Å². The molecule has 1 aromatic heterocycles. The van der Waals surface area contributed by atoms with Gasteiger partial charge in [-0.3, -0.25) is 9.78 Å². The number of rotatable bonds is 4. The van der Waals surface area contributed by atoms with Gasteiger partial charge in [-0.15, -0.1) is 0 Å². The minimum atomic E-state index is -0.646. The molecule has 0 bridgehead atoms. The van der Waals surface area contributed by atoms with Crippen LogP contribution >= 0.6 is 0 Å². The fourth-order valence-electron chi connectivity index (χ4n) is 2.07. The molecule has 1 amide bonds. The molecule has 0 saturated carbocycles. The molecule has 0 radical (unpaired) electrons. The van der Waals surface area contributed by atoms with Crippen molar-refractivity contribution in [1.29, 1.82) is 0 Å². The van der Waals surface area contributed by atoms with E-state index in [9.17, 15) is 9.90 Å². The van der Waals surface area contributed by atoms with Gasteiger partial charge in [-0.05, 0) is 44.8 Å². The quantitative estimate of drug-likeness (QED) is 0.815. The summed E-state index contributed by atoms with van der Waals surface area (Å²) in [7, 11) is -0.646. The molecule has 1 aliphatic rings. The first-order valence-corrected chi connectivity index (χ1v) is 7.08. The van der Waals surface area contributed by atoms with Crippen molar-refractivity contribution in [2.75, 3.05) is 6.61 Å². The smallest absolute Gasteiger partial charge is 0.400 e. The second kappa shape index (κ2) is 5.83. The Morgan fingerprint density at radius 1 is 1.32 bits per heavy atom. The van der Waals surface area contributed by atoms with Gasteiger partial charge in [0.15, 0.2) is 0 Å². The maximum Gasteiger partial charge on any atom is 0.492 e. The summed E-state index contributed by atoms with van der Waals surface area (Å²) in [6, 6.07) is 1.61. The van der Waals surface area contributed by atoms with Gasteiger partial charge in [0.1, 0.15) is 0 Å². The minimum absolute atomic E-state index is 0.225. The minimum Gasteiger partial charge on any atom is -0.400 e. The van der Waals surface area contributed by atoms with Crippen LogP contribution in [0.15, 0.2) is 23.9 Å². The first kappa shape index (κ1) is 16.7. The van der Waals surface area contributed by atoms with E-state index in [4.69, 9.17) is 15.0 Å². The van der Waals surface area contributed by atoms with E-state index in [-0.39, 0.29) is 6.61 Å². The molecule has 1 aromatic rings. The van der Waals surface area contributed by atoms with Gasteiger partial charge in [-0.1, -0.05) is 6.08 Å². The van der Waals surface area contributed by atoms with E-state index < -0.39 is 24.2 Å². The molecule has 1 fully saturated rings. The maximum atomic E-state index is 11.2. The lowest BCUT2D eigenvalue weighted by Gasteiger charge is -2.32. The van der Waals surface area contributed by atoms with E-state index in [1.54, 1.807) is 18.3 Å². The highest BCUT2D eigenvalue weighted by molar-refractivity contribution is 6.55. The normalized spacial score (nSPS) is 20.2. The van der Waals surface area contributed by atoms with E-state index >= 15 is 0 Å². The Balaban J connectivity index is 2.29. The highest BCUT2D eigenvalue weighted by Crippen LogP contribution is 2.38. The molecular formula is C15H21BN2O4. The molecule has 7 heteroatoms. The van der Waals surface area contributed by atoms with Crippen LogP contribution in [0, 0.1) is 0 Å². The van der Waals surface area contributed by atoms with Gasteiger partial charge >= 0.3 is 7.12 Å². The van der Waals surface area contributed by atoms with Crippen molar-refractivity contribution in [1.82, 2.24) is 4.98 Å².